The zero-order chi connectivity index (χ0) is 18.6. The molecule has 3 N–H and O–H groups in total. The van der Waals surface area contributed by atoms with Crippen LogP contribution in [0, 0.1) is 5.92 Å². The Balaban J connectivity index is 1.35. The monoisotopic (exact) mass is 366 g/mol. The summed E-state index contributed by atoms with van der Waals surface area (Å²) in [4.78, 5) is 34.8. The lowest BCUT2D eigenvalue weighted by atomic mass is 9.98. The zero-order valence-electron chi connectivity index (χ0n) is 14.9. The van der Waals surface area contributed by atoms with E-state index >= 15 is 0 Å². The van der Waals surface area contributed by atoms with Gasteiger partial charge in [0.15, 0.2) is 0 Å². The average Bonchev–Trinajstić information content (AvgIpc) is 2.72. The first kappa shape index (κ1) is 17.3. The van der Waals surface area contributed by atoms with Crippen LogP contribution in [0.2, 0.25) is 0 Å². The van der Waals surface area contributed by atoms with Crippen molar-refractivity contribution in [1.29, 1.82) is 0 Å². The lowest BCUT2D eigenvalue weighted by Gasteiger charge is -2.32. The summed E-state index contributed by atoms with van der Waals surface area (Å²) < 4.78 is 0. The van der Waals surface area contributed by atoms with E-state index in [-0.39, 0.29) is 18.4 Å². The highest BCUT2D eigenvalue weighted by molar-refractivity contribution is 6.03. The summed E-state index contributed by atoms with van der Waals surface area (Å²) in [6.45, 7) is 2.62. The highest BCUT2D eigenvalue weighted by Crippen LogP contribution is 2.26. The number of benzene rings is 1. The van der Waals surface area contributed by atoms with Crippen molar-refractivity contribution in [2.75, 3.05) is 41.7 Å². The van der Waals surface area contributed by atoms with Gasteiger partial charge in [-0.1, -0.05) is 0 Å². The maximum absolute atomic E-state index is 12.5. The number of rotatable bonds is 4. The molecule has 0 aliphatic carbocycles. The third kappa shape index (κ3) is 3.99. The molecule has 1 aromatic heterocycles. The van der Waals surface area contributed by atoms with Crippen LogP contribution in [-0.2, 0) is 4.79 Å². The smallest absolute Gasteiger partial charge is 0.251 e. The normalized spacial score (nSPS) is 18.9. The van der Waals surface area contributed by atoms with Crippen LogP contribution < -0.4 is 20.9 Å². The van der Waals surface area contributed by atoms with Gasteiger partial charge in [-0.2, -0.15) is 0 Å². The molecule has 1 unspecified atom stereocenters. The van der Waals surface area contributed by atoms with E-state index < -0.39 is 0 Å². The number of carbonyl (C=O) groups excluding carboxylic acids is 2. The second-order valence-electron chi connectivity index (χ2n) is 6.88. The molecule has 8 heteroatoms. The minimum absolute atomic E-state index is 0.106. The number of carbonyl (C=O) groups is 2. The van der Waals surface area contributed by atoms with Crippen molar-refractivity contribution < 1.29 is 9.59 Å². The fourth-order valence-electron chi connectivity index (χ4n) is 3.52. The average molecular weight is 366 g/mol. The Kier molecular flexibility index (Phi) is 4.86. The molecule has 8 nitrogen and oxygen atoms in total. The molecule has 140 valence electrons. The summed E-state index contributed by atoms with van der Waals surface area (Å²) in [5.74, 6) is 0.855. The van der Waals surface area contributed by atoms with Gasteiger partial charge in [0.1, 0.15) is 0 Å². The van der Waals surface area contributed by atoms with Crippen molar-refractivity contribution in [3.05, 3.63) is 42.2 Å². The molecule has 4 rings (SSSR count). The van der Waals surface area contributed by atoms with Crippen LogP contribution in [-0.4, -0.2) is 48.0 Å². The van der Waals surface area contributed by atoms with Gasteiger partial charge in [-0.15, -0.1) is 0 Å². The maximum Gasteiger partial charge on any atom is 0.251 e. The molecule has 1 saturated heterocycles. The summed E-state index contributed by atoms with van der Waals surface area (Å²) in [5, 5.41) is 8.82. The number of amides is 2. The maximum atomic E-state index is 12.5. The Labute approximate surface area is 157 Å². The molecule has 2 aliphatic heterocycles. The van der Waals surface area contributed by atoms with Gasteiger partial charge in [-0.05, 0) is 43.0 Å². The second-order valence-corrected chi connectivity index (χ2v) is 6.88. The molecule has 27 heavy (non-hydrogen) atoms. The van der Waals surface area contributed by atoms with Crippen molar-refractivity contribution in [1.82, 2.24) is 15.3 Å². The highest BCUT2D eigenvalue weighted by Gasteiger charge is 2.22. The fraction of sp³-hybridized carbons (Fsp3) is 0.368. The first-order valence-corrected chi connectivity index (χ1v) is 9.17. The van der Waals surface area contributed by atoms with Gasteiger partial charge in [-0.25, -0.2) is 9.97 Å². The molecular formula is C19H22N6O2. The molecule has 3 heterocycles. The second kappa shape index (κ2) is 7.61. The summed E-state index contributed by atoms with van der Waals surface area (Å²) >= 11 is 0. The van der Waals surface area contributed by atoms with Gasteiger partial charge in [0.05, 0.1) is 17.9 Å². The van der Waals surface area contributed by atoms with E-state index in [0.29, 0.717) is 23.7 Å². The molecule has 2 aliphatic rings. The lowest BCUT2D eigenvalue weighted by Crippen LogP contribution is -2.41. The van der Waals surface area contributed by atoms with Gasteiger partial charge in [0.2, 0.25) is 11.9 Å². The van der Waals surface area contributed by atoms with Crippen LogP contribution in [0.4, 0.5) is 17.3 Å². The van der Waals surface area contributed by atoms with E-state index in [1.54, 1.807) is 24.5 Å². The summed E-state index contributed by atoms with van der Waals surface area (Å²) in [6, 6.07) is 7.10. The minimum atomic E-state index is -0.134. The number of hydrogen-bond acceptors (Lipinski definition) is 6. The number of nitrogens with one attached hydrogen (secondary N) is 3. The van der Waals surface area contributed by atoms with Crippen LogP contribution in [0.1, 0.15) is 23.2 Å². The van der Waals surface area contributed by atoms with Gasteiger partial charge in [0.25, 0.3) is 5.91 Å². The third-order valence-electron chi connectivity index (χ3n) is 4.90. The summed E-state index contributed by atoms with van der Waals surface area (Å²) in [7, 11) is 0. The van der Waals surface area contributed by atoms with Crippen LogP contribution >= 0.6 is 0 Å². The first-order chi connectivity index (χ1) is 13.2. The Morgan fingerprint density at radius 2 is 2.11 bits per heavy atom. The van der Waals surface area contributed by atoms with E-state index in [1.165, 1.54) is 0 Å². The molecule has 0 bridgehead atoms. The third-order valence-corrected chi connectivity index (χ3v) is 4.90. The largest absolute Gasteiger partial charge is 0.374 e. The Morgan fingerprint density at radius 1 is 1.26 bits per heavy atom. The highest BCUT2D eigenvalue weighted by atomic mass is 16.2. The SMILES string of the molecule is O=C1CNc2ccc(C(=O)NCC3CCCN(c4ncccn4)C3)cc2N1. The minimum Gasteiger partial charge on any atom is -0.374 e. The van der Waals surface area contributed by atoms with Crippen LogP contribution in [0.25, 0.3) is 0 Å². The molecule has 0 saturated carbocycles. The van der Waals surface area contributed by atoms with Crippen LogP contribution in [0.5, 0.6) is 0 Å². The van der Waals surface area contributed by atoms with Crippen molar-refractivity contribution in [2.24, 2.45) is 5.92 Å². The molecular weight excluding hydrogens is 344 g/mol. The van der Waals surface area contributed by atoms with Gasteiger partial charge in [0, 0.05) is 37.6 Å². The van der Waals surface area contributed by atoms with Crippen LogP contribution in [0.3, 0.4) is 0 Å². The van der Waals surface area contributed by atoms with E-state index in [0.717, 1.165) is 37.6 Å². The summed E-state index contributed by atoms with van der Waals surface area (Å²) in [5.41, 5.74) is 2.01. The topological polar surface area (TPSA) is 99.3 Å². The number of nitrogens with zero attached hydrogens (tertiary/aromatic N) is 3. The quantitative estimate of drug-likeness (QED) is 0.758. The predicted molar refractivity (Wildman–Crippen MR) is 103 cm³/mol. The van der Waals surface area contributed by atoms with E-state index in [1.807, 2.05) is 12.1 Å². The van der Waals surface area contributed by atoms with Crippen molar-refractivity contribution in [3.8, 4) is 0 Å². The molecule has 1 atom stereocenters. The zero-order valence-corrected chi connectivity index (χ0v) is 14.9. The number of aromatic nitrogens is 2. The standard InChI is InChI=1S/C19H22N6O2/c26-17-11-22-15-5-4-14(9-16(15)24-17)18(27)23-10-13-3-1-8-25(12-13)19-20-6-2-7-21-19/h2,4-7,9,13,22H,1,3,8,10-12H2,(H,23,27)(H,24,26). The van der Waals surface area contributed by atoms with Crippen LogP contribution in [0.15, 0.2) is 36.7 Å². The Morgan fingerprint density at radius 3 is 2.96 bits per heavy atom. The molecule has 1 aromatic carbocycles. The van der Waals surface area contributed by atoms with Gasteiger partial charge in [-0.3, -0.25) is 9.59 Å². The van der Waals surface area contributed by atoms with Crippen molar-refractivity contribution >= 4 is 29.1 Å². The molecule has 1 fully saturated rings. The van der Waals surface area contributed by atoms with Crippen molar-refractivity contribution in [2.45, 2.75) is 12.8 Å². The van der Waals surface area contributed by atoms with Gasteiger partial charge >= 0.3 is 0 Å². The van der Waals surface area contributed by atoms with E-state index in [9.17, 15) is 9.59 Å². The number of piperidine rings is 1. The number of fused-ring (bicyclic) bond motifs is 1. The molecule has 0 spiro atoms. The molecule has 0 radical (unpaired) electrons. The predicted octanol–water partition coefficient (Wildman–Crippen LogP) is 1.49. The fourth-order valence-corrected chi connectivity index (χ4v) is 3.52. The van der Waals surface area contributed by atoms with Crippen molar-refractivity contribution in [3.63, 3.8) is 0 Å². The summed E-state index contributed by atoms with van der Waals surface area (Å²) in [6.07, 6.45) is 5.61. The number of hydrogen-bond donors (Lipinski definition) is 3. The Bertz CT molecular complexity index is 841. The van der Waals surface area contributed by atoms with E-state index in [4.69, 9.17) is 0 Å². The number of anilines is 3. The molecule has 2 aromatic rings. The Hall–Kier alpha value is -3.16. The van der Waals surface area contributed by atoms with E-state index in [2.05, 4.69) is 30.8 Å². The molecule has 2 amide bonds. The van der Waals surface area contributed by atoms with Gasteiger partial charge < -0.3 is 20.9 Å². The first-order valence-electron chi connectivity index (χ1n) is 9.17. The lowest BCUT2D eigenvalue weighted by molar-refractivity contribution is -0.114.